The normalized spacial score (nSPS) is 11.4. The lowest BCUT2D eigenvalue weighted by molar-refractivity contribution is -0.127. The smallest absolute Gasteiger partial charge is 0.261 e. The van der Waals surface area contributed by atoms with E-state index in [1.54, 1.807) is 33.3 Å². The summed E-state index contributed by atoms with van der Waals surface area (Å²) in [5.74, 6) is 1.89. The number of benzene rings is 2. The average Bonchev–Trinajstić information content (AvgIpc) is 2.60. The van der Waals surface area contributed by atoms with Crippen LogP contribution in [0.2, 0.25) is 0 Å². The summed E-state index contributed by atoms with van der Waals surface area (Å²) in [7, 11) is 3.21. The lowest BCUT2D eigenvalue weighted by atomic mass is 10.2. The summed E-state index contributed by atoms with van der Waals surface area (Å²) < 4.78 is 15.9. The molecule has 23 heavy (non-hydrogen) atoms. The summed E-state index contributed by atoms with van der Waals surface area (Å²) in [5.41, 5.74) is 0.993. The number of rotatable bonds is 7. The van der Waals surface area contributed by atoms with E-state index in [0.717, 1.165) is 11.3 Å². The van der Waals surface area contributed by atoms with Crippen molar-refractivity contribution in [3.63, 3.8) is 0 Å². The van der Waals surface area contributed by atoms with Crippen LogP contribution in [0.5, 0.6) is 17.2 Å². The van der Waals surface area contributed by atoms with E-state index in [-0.39, 0.29) is 5.91 Å². The van der Waals surface area contributed by atoms with E-state index >= 15 is 0 Å². The van der Waals surface area contributed by atoms with Gasteiger partial charge in [-0.25, -0.2) is 0 Å². The predicted molar refractivity (Wildman–Crippen MR) is 87.9 cm³/mol. The minimum atomic E-state index is -0.597. The van der Waals surface area contributed by atoms with Crippen molar-refractivity contribution in [2.45, 2.75) is 19.6 Å². The molecular weight excluding hydrogens is 294 g/mol. The molecule has 1 amide bonds. The van der Waals surface area contributed by atoms with Crippen LogP contribution >= 0.6 is 0 Å². The molecule has 2 rings (SSSR count). The molecule has 0 bridgehead atoms. The Labute approximate surface area is 136 Å². The van der Waals surface area contributed by atoms with Gasteiger partial charge in [-0.15, -0.1) is 0 Å². The van der Waals surface area contributed by atoms with Gasteiger partial charge in [-0.3, -0.25) is 4.79 Å². The summed E-state index contributed by atoms with van der Waals surface area (Å²) in [5, 5.41) is 2.85. The Morgan fingerprint density at radius 3 is 2.30 bits per heavy atom. The lowest BCUT2D eigenvalue weighted by Gasteiger charge is -2.15. The maximum Gasteiger partial charge on any atom is 0.261 e. The van der Waals surface area contributed by atoms with Crippen LogP contribution in [0.4, 0.5) is 0 Å². The Bertz CT molecular complexity index is 640. The fourth-order valence-corrected chi connectivity index (χ4v) is 2.01. The summed E-state index contributed by atoms with van der Waals surface area (Å²) in [6.07, 6.45) is -0.597. The van der Waals surface area contributed by atoms with Crippen molar-refractivity contribution in [1.29, 1.82) is 0 Å². The van der Waals surface area contributed by atoms with Crippen LogP contribution in [0, 0.1) is 0 Å². The molecule has 0 saturated carbocycles. The minimum absolute atomic E-state index is 0.177. The molecule has 5 nitrogen and oxygen atoms in total. The third kappa shape index (κ3) is 4.92. The van der Waals surface area contributed by atoms with Gasteiger partial charge in [-0.2, -0.15) is 0 Å². The van der Waals surface area contributed by atoms with Crippen LogP contribution in [0.25, 0.3) is 0 Å². The molecule has 0 spiro atoms. The van der Waals surface area contributed by atoms with Gasteiger partial charge in [0.2, 0.25) is 0 Å². The zero-order chi connectivity index (χ0) is 16.7. The van der Waals surface area contributed by atoms with Gasteiger partial charge < -0.3 is 19.5 Å². The van der Waals surface area contributed by atoms with Gasteiger partial charge in [-0.1, -0.05) is 18.2 Å². The maximum atomic E-state index is 12.1. The van der Waals surface area contributed by atoms with E-state index < -0.39 is 6.10 Å². The third-order valence-corrected chi connectivity index (χ3v) is 3.35. The Morgan fingerprint density at radius 1 is 1.00 bits per heavy atom. The SMILES string of the molecule is COc1ccc(CNC(=O)[C@H](C)Oc2cccc(OC)c2)cc1. The standard InChI is InChI=1S/C18H21NO4/c1-13(23-17-6-4-5-16(11-17)22-3)18(20)19-12-14-7-9-15(21-2)10-8-14/h4-11,13H,12H2,1-3H3,(H,19,20)/t13-/m0/s1. The number of methoxy groups -OCH3 is 2. The molecule has 0 saturated heterocycles. The Hall–Kier alpha value is -2.69. The molecule has 0 heterocycles. The molecule has 0 fully saturated rings. The highest BCUT2D eigenvalue weighted by Crippen LogP contribution is 2.20. The summed E-state index contributed by atoms with van der Waals surface area (Å²) >= 11 is 0. The monoisotopic (exact) mass is 315 g/mol. The highest BCUT2D eigenvalue weighted by atomic mass is 16.5. The van der Waals surface area contributed by atoms with E-state index in [4.69, 9.17) is 14.2 Å². The maximum absolute atomic E-state index is 12.1. The largest absolute Gasteiger partial charge is 0.497 e. The number of hydrogen-bond acceptors (Lipinski definition) is 4. The number of carbonyl (C=O) groups excluding carboxylic acids is 1. The fourth-order valence-electron chi connectivity index (χ4n) is 2.01. The third-order valence-electron chi connectivity index (χ3n) is 3.35. The van der Waals surface area contributed by atoms with Gasteiger partial charge in [0.05, 0.1) is 14.2 Å². The molecule has 1 N–H and O–H groups in total. The van der Waals surface area contributed by atoms with Crippen molar-refractivity contribution < 1.29 is 19.0 Å². The molecule has 0 aliphatic carbocycles. The second kappa shape index (κ2) is 8.08. The molecule has 2 aromatic rings. The number of ether oxygens (including phenoxy) is 3. The molecule has 0 aliphatic rings. The van der Waals surface area contributed by atoms with E-state index in [1.807, 2.05) is 36.4 Å². The summed E-state index contributed by atoms with van der Waals surface area (Å²) in [4.78, 5) is 12.1. The Balaban J connectivity index is 1.86. The lowest BCUT2D eigenvalue weighted by Crippen LogP contribution is -2.35. The summed E-state index contributed by atoms with van der Waals surface area (Å²) in [6, 6.07) is 14.7. The van der Waals surface area contributed by atoms with Gasteiger partial charge in [-0.05, 0) is 36.8 Å². The van der Waals surface area contributed by atoms with Crippen LogP contribution in [-0.4, -0.2) is 26.2 Å². The minimum Gasteiger partial charge on any atom is -0.497 e. The number of amides is 1. The summed E-state index contributed by atoms with van der Waals surface area (Å²) in [6.45, 7) is 2.15. The van der Waals surface area contributed by atoms with Gasteiger partial charge in [0.1, 0.15) is 17.2 Å². The topological polar surface area (TPSA) is 56.8 Å². The van der Waals surface area contributed by atoms with E-state index in [9.17, 15) is 4.79 Å². The van der Waals surface area contributed by atoms with Crippen molar-refractivity contribution in [2.75, 3.05) is 14.2 Å². The quantitative estimate of drug-likeness (QED) is 0.853. The van der Waals surface area contributed by atoms with E-state index in [2.05, 4.69) is 5.32 Å². The van der Waals surface area contributed by atoms with Crippen LogP contribution in [0.3, 0.4) is 0 Å². The van der Waals surface area contributed by atoms with E-state index in [0.29, 0.717) is 18.0 Å². The van der Waals surface area contributed by atoms with Crippen molar-refractivity contribution in [2.24, 2.45) is 0 Å². The Kier molecular flexibility index (Phi) is 5.86. The van der Waals surface area contributed by atoms with Gasteiger partial charge in [0, 0.05) is 12.6 Å². The van der Waals surface area contributed by atoms with Gasteiger partial charge >= 0.3 is 0 Å². The highest BCUT2D eigenvalue weighted by molar-refractivity contribution is 5.80. The van der Waals surface area contributed by atoms with Crippen molar-refractivity contribution in [3.05, 3.63) is 54.1 Å². The van der Waals surface area contributed by atoms with Crippen LogP contribution in [0.15, 0.2) is 48.5 Å². The molecular formula is C18H21NO4. The average molecular weight is 315 g/mol. The molecule has 5 heteroatoms. The molecule has 0 radical (unpaired) electrons. The predicted octanol–water partition coefficient (Wildman–Crippen LogP) is 2.79. The first-order valence-corrected chi connectivity index (χ1v) is 7.33. The van der Waals surface area contributed by atoms with Gasteiger partial charge in [0.25, 0.3) is 5.91 Å². The molecule has 0 unspecified atom stereocenters. The molecule has 2 aromatic carbocycles. The second-order valence-electron chi connectivity index (χ2n) is 5.00. The molecule has 0 aromatic heterocycles. The van der Waals surface area contributed by atoms with Crippen molar-refractivity contribution in [3.8, 4) is 17.2 Å². The first-order chi connectivity index (χ1) is 11.1. The van der Waals surface area contributed by atoms with Crippen molar-refractivity contribution in [1.82, 2.24) is 5.32 Å². The van der Waals surface area contributed by atoms with Crippen LogP contribution in [0.1, 0.15) is 12.5 Å². The first-order valence-electron chi connectivity index (χ1n) is 7.33. The first kappa shape index (κ1) is 16.7. The van der Waals surface area contributed by atoms with E-state index in [1.165, 1.54) is 0 Å². The zero-order valence-electron chi connectivity index (χ0n) is 13.5. The van der Waals surface area contributed by atoms with Gasteiger partial charge in [0.15, 0.2) is 6.10 Å². The molecule has 1 atom stereocenters. The molecule has 122 valence electrons. The second-order valence-corrected chi connectivity index (χ2v) is 5.00. The van der Waals surface area contributed by atoms with Crippen LogP contribution in [-0.2, 0) is 11.3 Å². The number of hydrogen-bond donors (Lipinski definition) is 1. The number of nitrogens with one attached hydrogen (secondary N) is 1. The number of carbonyl (C=O) groups is 1. The zero-order valence-corrected chi connectivity index (χ0v) is 13.5. The highest BCUT2D eigenvalue weighted by Gasteiger charge is 2.14. The van der Waals surface area contributed by atoms with Crippen LogP contribution < -0.4 is 19.5 Å². The van der Waals surface area contributed by atoms with Crippen molar-refractivity contribution >= 4 is 5.91 Å². The molecule has 0 aliphatic heterocycles. The fraction of sp³-hybridized carbons (Fsp3) is 0.278. The Morgan fingerprint density at radius 2 is 1.65 bits per heavy atom.